The minimum absolute atomic E-state index is 0.0289. The van der Waals surface area contributed by atoms with Crippen molar-refractivity contribution in [1.82, 2.24) is 15.0 Å². The first-order valence-corrected chi connectivity index (χ1v) is 8.31. The highest BCUT2D eigenvalue weighted by molar-refractivity contribution is 7.89. The fourth-order valence-corrected chi connectivity index (χ4v) is 2.81. The smallest absolute Gasteiger partial charge is 0.258 e. The normalized spacial score (nSPS) is 15.2. The van der Waals surface area contributed by atoms with Gasteiger partial charge < -0.3 is 9.73 Å². The van der Waals surface area contributed by atoms with E-state index >= 15 is 0 Å². The second-order valence-electron chi connectivity index (χ2n) is 5.12. The summed E-state index contributed by atoms with van der Waals surface area (Å²) < 4.78 is 31.6. The molecule has 0 radical (unpaired) electrons. The van der Waals surface area contributed by atoms with Crippen LogP contribution in [0.15, 0.2) is 46.4 Å². The summed E-state index contributed by atoms with van der Waals surface area (Å²) in [6.07, 6.45) is 7.05. The molecule has 0 aliphatic heterocycles. The van der Waals surface area contributed by atoms with Crippen LogP contribution in [-0.4, -0.2) is 19.4 Å². The number of pyridine rings is 1. The summed E-state index contributed by atoms with van der Waals surface area (Å²) in [5.41, 5.74) is 1.75. The number of sulfonamides is 1. The van der Waals surface area contributed by atoms with Crippen molar-refractivity contribution in [2.24, 2.45) is 0 Å². The first-order chi connectivity index (χ1) is 10.1. The zero-order valence-electron chi connectivity index (χ0n) is 11.5. The van der Waals surface area contributed by atoms with Gasteiger partial charge in [0.1, 0.15) is 0 Å². The largest absolute Gasteiger partial charge is 0.472 e. The fraction of sp³-hybridized carbons (Fsp3) is 0.357. The SMILES string of the molecule is O=S(=O)(NCc1ccoc1)c1ccc(CNC2CC2)cn1. The van der Waals surface area contributed by atoms with Crippen LogP contribution in [0.5, 0.6) is 0 Å². The Morgan fingerprint density at radius 1 is 1.19 bits per heavy atom. The van der Waals surface area contributed by atoms with Gasteiger partial charge in [-0.25, -0.2) is 18.1 Å². The standard InChI is InChI=1S/C14H17N3O3S/c18-21(19,17-9-12-5-6-20-10-12)14-4-1-11(8-16-14)7-15-13-2-3-13/h1,4-6,8,10,13,15,17H,2-3,7,9H2. The van der Waals surface area contributed by atoms with Crippen molar-refractivity contribution in [3.8, 4) is 0 Å². The van der Waals surface area contributed by atoms with Gasteiger partial charge in [-0.3, -0.25) is 0 Å². The minimum Gasteiger partial charge on any atom is -0.472 e. The molecule has 2 heterocycles. The Balaban J connectivity index is 1.61. The Morgan fingerprint density at radius 2 is 2.05 bits per heavy atom. The van der Waals surface area contributed by atoms with Gasteiger partial charge in [0.2, 0.25) is 0 Å². The third-order valence-corrected chi connectivity index (χ3v) is 4.61. The van der Waals surface area contributed by atoms with Crippen LogP contribution in [0.3, 0.4) is 0 Å². The molecule has 2 aromatic heterocycles. The van der Waals surface area contributed by atoms with E-state index in [1.54, 1.807) is 18.3 Å². The molecule has 112 valence electrons. The van der Waals surface area contributed by atoms with Gasteiger partial charge in [-0.2, -0.15) is 0 Å². The maximum absolute atomic E-state index is 12.1. The number of aromatic nitrogens is 1. The second-order valence-corrected chi connectivity index (χ2v) is 6.83. The highest BCUT2D eigenvalue weighted by Gasteiger charge is 2.20. The Bertz CT molecular complexity index is 677. The summed E-state index contributed by atoms with van der Waals surface area (Å²) in [4.78, 5) is 4.03. The average Bonchev–Trinajstić information content (AvgIpc) is 3.17. The number of nitrogens with one attached hydrogen (secondary N) is 2. The van der Waals surface area contributed by atoms with Crippen molar-refractivity contribution < 1.29 is 12.8 Å². The number of hydrogen-bond acceptors (Lipinski definition) is 5. The summed E-state index contributed by atoms with van der Waals surface area (Å²) in [7, 11) is -3.60. The maximum atomic E-state index is 12.1. The molecule has 1 aliphatic carbocycles. The minimum atomic E-state index is -3.60. The fourth-order valence-electron chi connectivity index (χ4n) is 1.87. The van der Waals surface area contributed by atoms with Gasteiger partial charge in [-0.05, 0) is 30.5 Å². The van der Waals surface area contributed by atoms with Crippen LogP contribution in [-0.2, 0) is 23.1 Å². The monoisotopic (exact) mass is 307 g/mol. The van der Waals surface area contributed by atoms with Gasteiger partial charge in [-0.1, -0.05) is 6.07 Å². The third-order valence-electron chi connectivity index (χ3n) is 3.29. The van der Waals surface area contributed by atoms with Crippen molar-refractivity contribution in [3.05, 3.63) is 48.0 Å². The highest BCUT2D eigenvalue weighted by atomic mass is 32.2. The summed E-state index contributed by atoms with van der Waals surface area (Å²) >= 11 is 0. The number of rotatable bonds is 7. The van der Waals surface area contributed by atoms with Gasteiger partial charge in [0.05, 0.1) is 12.5 Å². The summed E-state index contributed by atoms with van der Waals surface area (Å²) in [5, 5.41) is 3.39. The Kier molecular flexibility index (Phi) is 4.05. The molecule has 0 amide bonds. The molecular weight excluding hydrogens is 290 g/mol. The maximum Gasteiger partial charge on any atom is 0.258 e. The van der Waals surface area contributed by atoms with E-state index in [2.05, 4.69) is 15.0 Å². The lowest BCUT2D eigenvalue weighted by molar-refractivity contribution is 0.560. The van der Waals surface area contributed by atoms with Crippen LogP contribution in [0.1, 0.15) is 24.0 Å². The van der Waals surface area contributed by atoms with E-state index in [1.165, 1.54) is 31.4 Å². The van der Waals surface area contributed by atoms with E-state index in [1.807, 2.05) is 0 Å². The lowest BCUT2D eigenvalue weighted by Gasteiger charge is -2.06. The van der Waals surface area contributed by atoms with Crippen molar-refractivity contribution >= 4 is 10.0 Å². The molecule has 0 atom stereocenters. The van der Waals surface area contributed by atoms with Crippen LogP contribution in [0.25, 0.3) is 0 Å². The molecule has 2 aromatic rings. The predicted molar refractivity (Wildman–Crippen MR) is 76.8 cm³/mol. The van der Waals surface area contributed by atoms with E-state index < -0.39 is 10.0 Å². The zero-order chi connectivity index (χ0) is 14.7. The van der Waals surface area contributed by atoms with Crippen LogP contribution < -0.4 is 10.0 Å². The first kappa shape index (κ1) is 14.2. The van der Waals surface area contributed by atoms with E-state index in [0.29, 0.717) is 6.04 Å². The second kappa shape index (κ2) is 5.97. The van der Waals surface area contributed by atoms with Gasteiger partial charge in [0.25, 0.3) is 10.0 Å². The van der Waals surface area contributed by atoms with Crippen LogP contribution in [0, 0.1) is 0 Å². The Hall–Kier alpha value is -1.70. The van der Waals surface area contributed by atoms with Crippen LogP contribution >= 0.6 is 0 Å². The Morgan fingerprint density at radius 3 is 2.67 bits per heavy atom. The summed E-state index contributed by atoms with van der Waals surface area (Å²) in [6, 6.07) is 5.64. The Labute approximate surface area is 123 Å². The molecule has 2 N–H and O–H groups in total. The lowest BCUT2D eigenvalue weighted by Crippen LogP contribution is -2.24. The molecule has 1 aliphatic rings. The molecule has 3 rings (SSSR count). The summed E-state index contributed by atoms with van der Waals surface area (Å²) in [5.74, 6) is 0. The van der Waals surface area contributed by atoms with Gasteiger partial charge in [0, 0.05) is 30.9 Å². The summed E-state index contributed by atoms with van der Waals surface area (Å²) in [6.45, 7) is 0.909. The quantitative estimate of drug-likeness (QED) is 0.808. The van der Waals surface area contributed by atoms with Gasteiger partial charge in [0.15, 0.2) is 5.03 Å². The van der Waals surface area contributed by atoms with Crippen molar-refractivity contribution in [1.29, 1.82) is 0 Å². The number of furan rings is 1. The molecule has 0 spiro atoms. The molecule has 1 fully saturated rings. The first-order valence-electron chi connectivity index (χ1n) is 6.82. The number of nitrogens with zero attached hydrogens (tertiary/aromatic N) is 1. The third kappa shape index (κ3) is 3.90. The zero-order valence-corrected chi connectivity index (χ0v) is 12.3. The van der Waals surface area contributed by atoms with E-state index in [-0.39, 0.29) is 11.6 Å². The van der Waals surface area contributed by atoms with Crippen LogP contribution in [0.2, 0.25) is 0 Å². The van der Waals surface area contributed by atoms with Crippen molar-refractivity contribution in [2.45, 2.75) is 37.0 Å². The molecule has 7 heteroatoms. The van der Waals surface area contributed by atoms with Gasteiger partial charge in [-0.15, -0.1) is 0 Å². The molecule has 21 heavy (non-hydrogen) atoms. The topological polar surface area (TPSA) is 84.2 Å². The number of hydrogen-bond donors (Lipinski definition) is 2. The highest BCUT2D eigenvalue weighted by Crippen LogP contribution is 2.19. The molecule has 0 unspecified atom stereocenters. The predicted octanol–water partition coefficient (Wildman–Crippen LogP) is 1.41. The van der Waals surface area contributed by atoms with E-state index in [9.17, 15) is 8.42 Å². The molecule has 1 saturated carbocycles. The van der Waals surface area contributed by atoms with E-state index in [0.717, 1.165) is 17.7 Å². The molecular formula is C14H17N3O3S. The van der Waals surface area contributed by atoms with Crippen LogP contribution in [0.4, 0.5) is 0 Å². The average molecular weight is 307 g/mol. The lowest BCUT2D eigenvalue weighted by atomic mass is 10.3. The van der Waals surface area contributed by atoms with Crippen molar-refractivity contribution in [2.75, 3.05) is 0 Å². The molecule has 6 nitrogen and oxygen atoms in total. The van der Waals surface area contributed by atoms with Gasteiger partial charge >= 0.3 is 0 Å². The molecule has 0 saturated heterocycles. The van der Waals surface area contributed by atoms with E-state index in [4.69, 9.17) is 4.42 Å². The molecule has 0 aromatic carbocycles. The molecule has 0 bridgehead atoms. The van der Waals surface area contributed by atoms with Crippen molar-refractivity contribution in [3.63, 3.8) is 0 Å².